The second kappa shape index (κ2) is 5.70. The summed E-state index contributed by atoms with van der Waals surface area (Å²) in [5, 5.41) is 0.838. The molecule has 2 aromatic rings. The first-order valence-corrected chi connectivity index (χ1v) is 7.03. The number of rotatable bonds is 3. The number of nitrogens with two attached hydrogens (primary N) is 1. The van der Waals surface area contributed by atoms with Crippen LogP contribution in [0.25, 0.3) is 0 Å². The van der Waals surface area contributed by atoms with E-state index in [0.717, 1.165) is 0 Å². The molecule has 0 aliphatic rings. The van der Waals surface area contributed by atoms with Crippen LogP contribution in [0.5, 0.6) is 5.75 Å². The van der Waals surface area contributed by atoms with Crippen molar-refractivity contribution in [2.75, 3.05) is 5.73 Å². The van der Waals surface area contributed by atoms with Crippen molar-refractivity contribution < 1.29 is 9.13 Å². The predicted molar refractivity (Wildman–Crippen MR) is 83.5 cm³/mol. The number of aromatic nitrogens is 1. The molecular formula is C15H15Cl2FN2O. The smallest absolute Gasteiger partial charge is 0.167 e. The summed E-state index contributed by atoms with van der Waals surface area (Å²) in [6.45, 7) is 5.27. The lowest BCUT2D eigenvalue weighted by Crippen LogP contribution is -2.28. The largest absolute Gasteiger partial charge is 0.478 e. The van der Waals surface area contributed by atoms with Crippen molar-refractivity contribution in [2.45, 2.75) is 26.4 Å². The van der Waals surface area contributed by atoms with Gasteiger partial charge in [-0.1, -0.05) is 23.2 Å². The molecule has 0 saturated carbocycles. The lowest BCUT2D eigenvalue weighted by molar-refractivity contribution is 0.0979. The van der Waals surface area contributed by atoms with Crippen molar-refractivity contribution in [3.05, 3.63) is 51.5 Å². The third-order valence-electron chi connectivity index (χ3n) is 3.00. The number of halogens is 3. The summed E-state index contributed by atoms with van der Waals surface area (Å²) >= 11 is 12.2. The van der Waals surface area contributed by atoms with E-state index in [1.165, 1.54) is 12.1 Å². The van der Waals surface area contributed by atoms with Gasteiger partial charge < -0.3 is 10.5 Å². The minimum atomic E-state index is -0.927. The minimum Gasteiger partial charge on any atom is -0.478 e. The molecule has 0 fully saturated rings. The van der Waals surface area contributed by atoms with Crippen LogP contribution in [0.15, 0.2) is 24.3 Å². The molecule has 0 bridgehead atoms. The van der Waals surface area contributed by atoms with Crippen LogP contribution in [0.1, 0.15) is 25.2 Å². The van der Waals surface area contributed by atoms with Crippen LogP contribution in [0.4, 0.5) is 10.1 Å². The molecule has 3 nitrogen and oxygen atoms in total. The normalized spacial score (nSPS) is 11.5. The van der Waals surface area contributed by atoms with Crippen LogP contribution in [-0.2, 0) is 5.60 Å². The standard InChI is InChI=1S/C15H15Cl2FN2O/c1-8-10(16)7-11(17)14(20-8)15(2,3)21-13-5-4-9(19)6-12(13)18/h4-7H,19H2,1-3H3. The summed E-state index contributed by atoms with van der Waals surface area (Å²) in [4.78, 5) is 4.35. The van der Waals surface area contributed by atoms with E-state index in [2.05, 4.69) is 4.98 Å². The van der Waals surface area contributed by atoms with Crippen LogP contribution in [0.3, 0.4) is 0 Å². The molecule has 0 atom stereocenters. The molecule has 1 aromatic heterocycles. The van der Waals surface area contributed by atoms with Crippen LogP contribution in [0.2, 0.25) is 10.0 Å². The lowest BCUT2D eigenvalue weighted by atomic mass is 10.0. The van der Waals surface area contributed by atoms with Gasteiger partial charge in [0, 0.05) is 11.8 Å². The number of hydrogen-bond donors (Lipinski definition) is 1. The molecule has 1 aromatic carbocycles. The van der Waals surface area contributed by atoms with E-state index in [1.807, 2.05) is 0 Å². The first-order valence-electron chi connectivity index (χ1n) is 6.28. The Morgan fingerprint density at radius 3 is 2.48 bits per heavy atom. The Morgan fingerprint density at radius 1 is 1.19 bits per heavy atom. The van der Waals surface area contributed by atoms with Gasteiger partial charge in [-0.15, -0.1) is 0 Å². The van der Waals surface area contributed by atoms with Gasteiger partial charge in [-0.05, 0) is 39.0 Å². The maximum Gasteiger partial charge on any atom is 0.167 e. The SMILES string of the molecule is Cc1nc(C(C)(C)Oc2ccc(N)cc2F)c(Cl)cc1Cl. The first-order chi connectivity index (χ1) is 9.70. The number of hydrogen-bond acceptors (Lipinski definition) is 3. The van der Waals surface area contributed by atoms with E-state index in [0.29, 0.717) is 27.1 Å². The number of anilines is 1. The number of ether oxygens (including phenoxy) is 1. The number of pyridine rings is 1. The molecule has 0 amide bonds. The Balaban J connectivity index is 2.40. The van der Waals surface area contributed by atoms with Gasteiger partial charge in [0.1, 0.15) is 11.3 Å². The van der Waals surface area contributed by atoms with Gasteiger partial charge >= 0.3 is 0 Å². The van der Waals surface area contributed by atoms with Crippen molar-refractivity contribution in [1.82, 2.24) is 4.98 Å². The highest BCUT2D eigenvalue weighted by Crippen LogP contribution is 2.34. The molecule has 0 saturated heterocycles. The summed E-state index contributed by atoms with van der Waals surface area (Å²) in [5.74, 6) is -0.454. The Labute approximate surface area is 132 Å². The Kier molecular flexibility index (Phi) is 4.30. The number of nitrogens with zero attached hydrogens (tertiary/aromatic N) is 1. The molecule has 2 rings (SSSR count). The molecule has 0 spiro atoms. The molecule has 2 N–H and O–H groups in total. The topological polar surface area (TPSA) is 48.1 Å². The molecule has 0 radical (unpaired) electrons. The van der Waals surface area contributed by atoms with E-state index >= 15 is 0 Å². The minimum absolute atomic E-state index is 0.0830. The quantitative estimate of drug-likeness (QED) is 0.828. The van der Waals surface area contributed by atoms with E-state index in [9.17, 15) is 4.39 Å². The van der Waals surface area contributed by atoms with Crippen LogP contribution < -0.4 is 10.5 Å². The Hall–Kier alpha value is -1.52. The summed E-state index contributed by atoms with van der Waals surface area (Å²) in [5.41, 5.74) is 6.04. The highest BCUT2D eigenvalue weighted by atomic mass is 35.5. The van der Waals surface area contributed by atoms with Crippen molar-refractivity contribution in [3.63, 3.8) is 0 Å². The highest BCUT2D eigenvalue weighted by Gasteiger charge is 2.29. The van der Waals surface area contributed by atoms with Crippen LogP contribution >= 0.6 is 23.2 Å². The zero-order chi connectivity index (χ0) is 15.8. The second-order valence-corrected chi connectivity index (χ2v) is 6.00. The average molecular weight is 329 g/mol. The van der Waals surface area contributed by atoms with Gasteiger partial charge in [-0.25, -0.2) is 4.39 Å². The van der Waals surface area contributed by atoms with Gasteiger partial charge in [0.15, 0.2) is 11.6 Å². The van der Waals surface area contributed by atoms with Crippen molar-refractivity contribution in [3.8, 4) is 5.75 Å². The monoisotopic (exact) mass is 328 g/mol. The third-order valence-corrected chi connectivity index (χ3v) is 3.67. The molecule has 0 aliphatic heterocycles. The summed E-state index contributed by atoms with van der Waals surface area (Å²) < 4.78 is 19.6. The predicted octanol–water partition coefficient (Wildman–Crippen LogP) is 4.73. The number of aryl methyl sites for hydroxylation is 1. The molecule has 1 heterocycles. The third kappa shape index (κ3) is 3.39. The Bertz CT molecular complexity index is 690. The maximum absolute atomic E-state index is 13.9. The number of benzene rings is 1. The molecule has 0 aliphatic carbocycles. The van der Waals surface area contributed by atoms with Gasteiger partial charge in [0.25, 0.3) is 0 Å². The van der Waals surface area contributed by atoms with E-state index in [1.54, 1.807) is 32.9 Å². The lowest BCUT2D eigenvalue weighted by Gasteiger charge is -2.27. The van der Waals surface area contributed by atoms with Gasteiger partial charge in [-0.3, -0.25) is 4.98 Å². The van der Waals surface area contributed by atoms with Crippen LogP contribution in [0, 0.1) is 12.7 Å². The fraction of sp³-hybridized carbons (Fsp3) is 0.267. The summed E-state index contributed by atoms with van der Waals surface area (Å²) in [6, 6.07) is 5.85. The molecule has 0 unspecified atom stereocenters. The van der Waals surface area contributed by atoms with E-state index in [4.69, 9.17) is 33.7 Å². The Morgan fingerprint density at radius 2 is 1.86 bits per heavy atom. The first kappa shape index (κ1) is 15.9. The fourth-order valence-corrected chi connectivity index (χ4v) is 2.49. The maximum atomic E-state index is 13.9. The zero-order valence-electron chi connectivity index (χ0n) is 11.9. The molecule has 112 valence electrons. The van der Waals surface area contributed by atoms with Gasteiger partial charge in [-0.2, -0.15) is 0 Å². The average Bonchev–Trinajstić information content (AvgIpc) is 2.37. The number of nitrogen functional groups attached to an aromatic ring is 1. The molecule has 21 heavy (non-hydrogen) atoms. The van der Waals surface area contributed by atoms with Crippen molar-refractivity contribution in [1.29, 1.82) is 0 Å². The highest BCUT2D eigenvalue weighted by molar-refractivity contribution is 6.35. The van der Waals surface area contributed by atoms with Crippen molar-refractivity contribution >= 4 is 28.9 Å². The van der Waals surface area contributed by atoms with Gasteiger partial charge in [0.05, 0.1) is 15.7 Å². The van der Waals surface area contributed by atoms with Crippen LogP contribution in [-0.4, -0.2) is 4.98 Å². The summed E-state index contributed by atoms with van der Waals surface area (Å²) in [7, 11) is 0. The zero-order valence-corrected chi connectivity index (χ0v) is 13.4. The van der Waals surface area contributed by atoms with Crippen molar-refractivity contribution in [2.24, 2.45) is 0 Å². The molecule has 6 heteroatoms. The van der Waals surface area contributed by atoms with Gasteiger partial charge in [0.2, 0.25) is 0 Å². The fourth-order valence-electron chi connectivity index (χ4n) is 1.90. The second-order valence-electron chi connectivity index (χ2n) is 5.19. The summed E-state index contributed by atoms with van der Waals surface area (Å²) in [6.07, 6.45) is 0. The van der Waals surface area contributed by atoms with E-state index < -0.39 is 11.4 Å². The van der Waals surface area contributed by atoms with E-state index in [-0.39, 0.29) is 5.75 Å². The molecular weight excluding hydrogens is 314 g/mol.